The van der Waals surface area contributed by atoms with E-state index < -0.39 is 16.0 Å². The number of rotatable bonds is 7. The highest BCUT2D eigenvalue weighted by atomic mass is 32.2. The molecule has 0 saturated carbocycles. The van der Waals surface area contributed by atoms with E-state index in [1.807, 2.05) is 6.26 Å². The largest absolute Gasteiger partial charge is 0.465 e. The second kappa shape index (κ2) is 7.67. The summed E-state index contributed by atoms with van der Waals surface area (Å²) in [6.07, 6.45) is 2.64. The quantitative estimate of drug-likeness (QED) is 0.579. The first-order valence-electron chi connectivity index (χ1n) is 6.31. The summed E-state index contributed by atoms with van der Waals surface area (Å²) in [5, 5.41) is 0. The summed E-state index contributed by atoms with van der Waals surface area (Å²) in [6.45, 7) is 1.78. The molecule has 0 aliphatic carbocycles. The SMILES string of the molecule is COC(=O)c1ccc(N)cc1S(=O)(=O)NC(C)CCSC. The maximum absolute atomic E-state index is 12.4. The molecule has 0 aliphatic heterocycles. The first-order valence-corrected chi connectivity index (χ1v) is 9.18. The van der Waals surface area contributed by atoms with E-state index in [0.29, 0.717) is 6.42 Å². The molecular formula is C13H20N2O4S2. The zero-order valence-corrected chi connectivity index (χ0v) is 13.9. The van der Waals surface area contributed by atoms with Crippen LogP contribution in [0.1, 0.15) is 23.7 Å². The molecule has 8 heteroatoms. The van der Waals surface area contributed by atoms with E-state index in [1.54, 1.807) is 18.7 Å². The van der Waals surface area contributed by atoms with Gasteiger partial charge in [0.2, 0.25) is 10.0 Å². The number of nitrogens with two attached hydrogens (primary N) is 1. The number of esters is 1. The highest BCUT2D eigenvalue weighted by molar-refractivity contribution is 7.98. The number of hydrogen-bond donors (Lipinski definition) is 2. The lowest BCUT2D eigenvalue weighted by molar-refractivity contribution is 0.0596. The van der Waals surface area contributed by atoms with Crippen molar-refractivity contribution in [1.82, 2.24) is 4.72 Å². The number of sulfonamides is 1. The minimum Gasteiger partial charge on any atom is -0.465 e. The third-order valence-corrected chi connectivity index (χ3v) is 5.09. The Morgan fingerprint density at radius 1 is 1.48 bits per heavy atom. The number of nitrogens with one attached hydrogen (secondary N) is 1. The topological polar surface area (TPSA) is 98.5 Å². The fourth-order valence-corrected chi connectivity index (χ4v) is 3.82. The number of anilines is 1. The van der Waals surface area contributed by atoms with Crippen LogP contribution in [0.25, 0.3) is 0 Å². The molecule has 0 aromatic heterocycles. The van der Waals surface area contributed by atoms with Gasteiger partial charge < -0.3 is 10.5 Å². The molecule has 1 rings (SSSR count). The van der Waals surface area contributed by atoms with Crippen molar-refractivity contribution < 1.29 is 17.9 Å². The Hall–Kier alpha value is -1.25. The van der Waals surface area contributed by atoms with Crippen LogP contribution in [-0.4, -0.2) is 39.5 Å². The first kappa shape index (κ1) is 17.8. The van der Waals surface area contributed by atoms with Crippen molar-refractivity contribution in [3.05, 3.63) is 23.8 Å². The molecule has 1 atom stereocenters. The molecular weight excluding hydrogens is 312 g/mol. The molecule has 0 spiro atoms. The van der Waals surface area contributed by atoms with Crippen molar-refractivity contribution in [2.24, 2.45) is 0 Å². The van der Waals surface area contributed by atoms with Gasteiger partial charge >= 0.3 is 5.97 Å². The Balaban J connectivity index is 3.12. The number of carbonyl (C=O) groups is 1. The summed E-state index contributed by atoms with van der Waals surface area (Å²) in [5.41, 5.74) is 5.86. The molecule has 3 N–H and O–H groups in total. The summed E-state index contributed by atoms with van der Waals surface area (Å²) in [5.74, 6) is 0.122. The van der Waals surface area contributed by atoms with Gasteiger partial charge in [0, 0.05) is 11.7 Å². The van der Waals surface area contributed by atoms with Gasteiger partial charge in [-0.05, 0) is 43.6 Å². The van der Waals surface area contributed by atoms with Crippen LogP contribution in [0, 0.1) is 0 Å². The molecule has 0 fully saturated rings. The van der Waals surface area contributed by atoms with Crippen molar-refractivity contribution in [1.29, 1.82) is 0 Å². The van der Waals surface area contributed by atoms with E-state index in [1.165, 1.54) is 25.3 Å². The summed E-state index contributed by atoms with van der Waals surface area (Å²) in [4.78, 5) is 11.5. The second-order valence-corrected chi connectivity index (χ2v) is 7.22. The van der Waals surface area contributed by atoms with Crippen LogP contribution in [0.3, 0.4) is 0 Å². The van der Waals surface area contributed by atoms with Crippen LogP contribution in [-0.2, 0) is 14.8 Å². The van der Waals surface area contributed by atoms with E-state index in [2.05, 4.69) is 9.46 Å². The molecule has 21 heavy (non-hydrogen) atoms. The molecule has 118 valence electrons. The van der Waals surface area contributed by atoms with Gasteiger partial charge in [0.25, 0.3) is 0 Å². The van der Waals surface area contributed by atoms with Crippen molar-refractivity contribution in [3.8, 4) is 0 Å². The maximum Gasteiger partial charge on any atom is 0.339 e. The van der Waals surface area contributed by atoms with Gasteiger partial charge in [0.15, 0.2) is 0 Å². The van der Waals surface area contributed by atoms with Gasteiger partial charge in [-0.25, -0.2) is 17.9 Å². The Bertz CT molecular complexity index is 602. The molecule has 0 radical (unpaired) electrons. The van der Waals surface area contributed by atoms with Gasteiger partial charge in [-0.3, -0.25) is 0 Å². The molecule has 0 bridgehead atoms. The third-order valence-electron chi connectivity index (χ3n) is 2.81. The zero-order valence-electron chi connectivity index (χ0n) is 12.3. The lowest BCUT2D eigenvalue weighted by Crippen LogP contribution is -2.34. The Labute approximate surface area is 129 Å². The van der Waals surface area contributed by atoms with Crippen LogP contribution in [0.5, 0.6) is 0 Å². The number of methoxy groups -OCH3 is 1. The van der Waals surface area contributed by atoms with Crippen LogP contribution in [0.15, 0.2) is 23.1 Å². The van der Waals surface area contributed by atoms with E-state index in [0.717, 1.165) is 5.75 Å². The molecule has 0 heterocycles. The van der Waals surface area contributed by atoms with Crippen molar-refractivity contribution >= 4 is 33.4 Å². The minimum atomic E-state index is -3.84. The Morgan fingerprint density at radius 3 is 2.71 bits per heavy atom. The summed E-state index contributed by atoms with van der Waals surface area (Å²) in [7, 11) is -2.64. The fraction of sp³-hybridized carbons (Fsp3) is 0.462. The molecule has 0 saturated heterocycles. The summed E-state index contributed by atoms with van der Waals surface area (Å²) < 4.78 is 32.0. The van der Waals surface area contributed by atoms with Gasteiger partial charge in [-0.2, -0.15) is 11.8 Å². The third kappa shape index (κ3) is 4.90. The number of nitrogen functional groups attached to an aromatic ring is 1. The zero-order chi connectivity index (χ0) is 16.0. The Kier molecular flexibility index (Phi) is 6.50. The summed E-state index contributed by atoms with van der Waals surface area (Å²) in [6, 6.07) is 3.83. The lowest BCUT2D eigenvalue weighted by Gasteiger charge is -2.15. The van der Waals surface area contributed by atoms with Crippen LogP contribution >= 0.6 is 11.8 Å². The van der Waals surface area contributed by atoms with E-state index in [-0.39, 0.29) is 22.2 Å². The maximum atomic E-state index is 12.4. The monoisotopic (exact) mass is 332 g/mol. The number of thioether (sulfide) groups is 1. The van der Waals surface area contributed by atoms with Gasteiger partial charge in [-0.15, -0.1) is 0 Å². The summed E-state index contributed by atoms with van der Waals surface area (Å²) >= 11 is 1.64. The van der Waals surface area contributed by atoms with E-state index in [9.17, 15) is 13.2 Å². The molecule has 0 aliphatic rings. The van der Waals surface area contributed by atoms with Crippen LogP contribution in [0.2, 0.25) is 0 Å². The first-order chi connectivity index (χ1) is 9.81. The van der Waals surface area contributed by atoms with Crippen molar-refractivity contribution in [2.45, 2.75) is 24.3 Å². The average molecular weight is 332 g/mol. The molecule has 1 unspecified atom stereocenters. The number of benzene rings is 1. The molecule has 1 aromatic rings. The van der Waals surface area contributed by atoms with Gasteiger partial charge in [0.1, 0.15) is 0 Å². The fourth-order valence-electron chi connectivity index (χ4n) is 1.72. The predicted octanol–water partition coefficient (Wildman–Crippen LogP) is 1.48. The van der Waals surface area contributed by atoms with Crippen molar-refractivity contribution in [3.63, 3.8) is 0 Å². The number of hydrogen-bond acceptors (Lipinski definition) is 6. The minimum absolute atomic E-state index is 0.0312. The Morgan fingerprint density at radius 2 is 2.14 bits per heavy atom. The highest BCUT2D eigenvalue weighted by Crippen LogP contribution is 2.20. The smallest absolute Gasteiger partial charge is 0.339 e. The molecule has 6 nitrogen and oxygen atoms in total. The number of carbonyl (C=O) groups excluding carboxylic acids is 1. The average Bonchev–Trinajstić information content (AvgIpc) is 2.43. The molecule has 1 aromatic carbocycles. The number of ether oxygens (including phenoxy) is 1. The van der Waals surface area contributed by atoms with Gasteiger partial charge in [0.05, 0.1) is 17.6 Å². The van der Waals surface area contributed by atoms with E-state index >= 15 is 0 Å². The standard InChI is InChI=1S/C13H20N2O4S2/c1-9(6-7-20-3)15-21(17,18)12-8-10(14)4-5-11(12)13(16)19-2/h4-5,8-9,15H,6-7,14H2,1-3H3. The van der Waals surface area contributed by atoms with E-state index in [4.69, 9.17) is 5.73 Å². The predicted molar refractivity (Wildman–Crippen MR) is 85.0 cm³/mol. The van der Waals surface area contributed by atoms with Crippen molar-refractivity contribution in [2.75, 3.05) is 24.9 Å². The van der Waals surface area contributed by atoms with Gasteiger partial charge in [-0.1, -0.05) is 0 Å². The van der Waals surface area contributed by atoms with Crippen LogP contribution in [0.4, 0.5) is 5.69 Å². The highest BCUT2D eigenvalue weighted by Gasteiger charge is 2.24. The normalized spacial score (nSPS) is 12.9. The molecule has 0 amide bonds. The van der Waals surface area contributed by atoms with Crippen LogP contribution < -0.4 is 10.5 Å². The lowest BCUT2D eigenvalue weighted by atomic mass is 10.2. The second-order valence-electron chi connectivity index (χ2n) is 4.55.